The van der Waals surface area contributed by atoms with Gasteiger partial charge in [0.1, 0.15) is 6.61 Å². The number of ether oxygens (including phenoxy) is 2. The summed E-state index contributed by atoms with van der Waals surface area (Å²) in [6.45, 7) is 1.91. The van der Waals surface area contributed by atoms with Crippen molar-refractivity contribution in [3.05, 3.63) is 46.9 Å². The first-order chi connectivity index (χ1) is 14.5. The second kappa shape index (κ2) is 8.95. The molecule has 1 aliphatic heterocycles. The van der Waals surface area contributed by atoms with Gasteiger partial charge in [0.15, 0.2) is 18.1 Å². The van der Waals surface area contributed by atoms with Crippen LogP contribution in [0.1, 0.15) is 12.8 Å². The molecule has 2 aromatic rings. The van der Waals surface area contributed by atoms with Crippen molar-refractivity contribution in [3.63, 3.8) is 0 Å². The number of halogens is 1. The summed E-state index contributed by atoms with van der Waals surface area (Å²) >= 11 is 3.45. The smallest absolute Gasteiger partial charge is 0.341 e. The van der Waals surface area contributed by atoms with Crippen LogP contribution < -0.4 is 19.3 Å². The molecule has 1 saturated carbocycles. The minimum Gasteiger partial charge on any atom is -0.486 e. The van der Waals surface area contributed by atoms with Crippen molar-refractivity contribution in [1.29, 1.82) is 0 Å². The molecule has 1 heterocycles. The Hall–Kier alpha value is -2.74. The predicted molar refractivity (Wildman–Crippen MR) is 116 cm³/mol. The highest BCUT2D eigenvalue weighted by atomic mass is 79.9. The zero-order valence-electron chi connectivity index (χ0n) is 16.4. The van der Waals surface area contributed by atoms with E-state index in [-0.39, 0.29) is 11.8 Å². The molecule has 0 unspecified atom stereocenters. The van der Waals surface area contributed by atoms with Gasteiger partial charge in [-0.2, -0.15) is 0 Å². The molecule has 30 heavy (non-hydrogen) atoms. The second-order valence-electron chi connectivity index (χ2n) is 7.36. The van der Waals surface area contributed by atoms with Gasteiger partial charge in [-0.15, -0.1) is 0 Å². The molecule has 2 aliphatic rings. The number of hydrogen-bond donors (Lipinski definition) is 1. The Morgan fingerprint density at radius 1 is 1.20 bits per heavy atom. The lowest BCUT2D eigenvalue weighted by atomic mass is 10.2. The lowest BCUT2D eigenvalue weighted by Gasteiger charge is -2.34. The van der Waals surface area contributed by atoms with Crippen LogP contribution in [0.5, 0.6) is 11.5 Å². The van der Waals surface area contributed by atoms with E-state index in [0.29, 0.717) is 37.7 Å². The standard InChI is InChI=1S/C22H23BrN2O5/c23-16-6-8-17(9-7-16)25(22(28)15-4-5-15)11-10-24-12-13-29-21-18(24)2-1-3-19(21)30-14-20(26)27/h1-3,6-9,15H,4-5,10-14H2,(H,26,27). The Kier molecular flexibility index (Phi) is 6.13. The number of benzene rings is 2. The fourth-order valence-electron chi connectivity index (χ4n) is 3.52. The molecule has 0 atom stereocenters. The minimum atomic E-state index is -1.04. The molecule has 158 valence electrons. The molecule has 0 spiro atoms. The average molecular weight is 475 g/mol. The van der Waals surface area contributed by atoms with Crippen LogP contribution in [0, 0.1) is 5.92 Å². The molecule has 0 bridgehead atoms. The summed E-state index contributed by atoms with van der Waals surface area (Å²) in [5.41, 5.74) is 1.74. The summed E-state index contributed by atoms with van der Waals surface area (Å²) in [7, 11) is 0. The van der Waals surface area contributed by atoms with E-state index in [0.717, 1.165) is 28.7 Å². The van der Waals surface area contributed by atoms with Crippen molar-refractivity contribution in [2.24, 2.45) is 5.92 Å². The number of carbonyl (C=O) groups is 2. The van der Waals surface area contributed by atoms with E-state index in [4.69, 9.17) is 14.6 Å². The third-order valence-electron chi connectivity index (χ3n) is 5.18. The minimum absolute atomic E-state index is 0.127. The Balaban J connectivity index is 1.51. The first-order valence-corrected chi connectivity index (χ1v) is 10.7. The summed E-state index contributed by atoms with van der Waals surface area (Å²) < 4.78 is 12.1. The van der Waals surface area contributed by atoms with Crippen LogP contribution in [0.25, 0.3) is 0 Å². The number of carboxylic acid groups (broad SMARTS) is 1. The molecule has 1 amide bonds. The van der Waals surface area contributed by atoms with Gasteiger partial charge in [0, 0.05) is 29.2 Å². The number of nitrogens with zero attached hydrogens (tertiary/aromatic N) is 2. The number of carboxylic acids is 1. The fourth-order valence-corrected chi connectivity index (χ4v) is 3.79. The molecule has 1 aliphatic carbocycles. The molecule has 4 rings (SSSR count). The molecule has 0 aromatic heterocycles. The first kappa shape index (κ1) is 20.5. The number of rotatable bonds is 8. The van der Waals surface area contributed by atoms with Crippen LogP contribution in [0.4, 0.5) is 11.4 Å². The van der Waals surface area contributed by atoms with E-state index in [1.807, 2.05) is 41.3 Å². The van der Waals surface area contributed by atoms with E-state index < -0.39 is 12.6 Å². The molecule has 0 radical (unpaired) electrons. The van der Waals surface area contributed by atoms with Crippen molar-refractivity contribution >= 4 is 39.2 Å². The molecule has 8 heteroatoms. The van der Waals surface area contributed by atoms with Gasteiger partial charge in [0.2, 0.25) is 5.91 Å². The first-order valence-electron chi connectivity index (χ1n) is 9.95. The average Bonchev–Trinajstić information content (AvgIpc) is 3.59. The highest BCUT2D eigenvalue weighted by Gasteiger charge is 2.34. The third-order valence-corrected chi connectivity index (χ3v) is 5.71. The van der Waals surface area contributed by atoms with Crippen molar-refractivity contribution in [3.8, 4) is 11.5 Å². The summed E-state index contributed by atoms with van der Waals surface area (Å²) in [5, 5.41) is 8.89. The van der Waals surface area contributed by atoms with Crippen molar-refractivity contribution in [2.75, 3.05) is 42.6 Å². The lowest BCUT2D eigenvalue weighted by molar-refractivity contribution is -0.139. The number of fused-ring (bicyclic) bond motifs is 1. The topological polar surface area (TPSA) is 79.3 Å². The van der Waals surface area contributed by atoms with Gasteiger partial charge in [-0.3, -0.25) is 4.79 Å². The van der Waals surface area contributed by atoms with Gasteiger partial charge in [0.25, 0.3) is 0 Å². The number of amides is 1. The van der Waals surface area contributed by atoms with Gasteiger partial charge in [-0.25, -0.2) is 4.79 Å². The molecule has 7 nitrogen and oxygen atoms in total. The molecular weight excluding hydrogens is 452 g/mol. The SMILES string of the molecule is O=C(O)COc1cccc2c1OCCN2CCN(C(=O)C1CC1)c1ccc(Br)cc1. The van der Waals surface area contributed by atoms with Crippen LogP contribution in [-0.4, -0.2) is 49.8 Å². The molecule has 0 saturated heterocycles. The Labute approximate surface area is 183 Å². The highest BCUT2D eigenvalue weighted by Crippen LogP contribution is 2.40. The van der Waals surface area contributed by atoms with Crippen LogP contribution >= 0.6 is 15.9 Å². The maximum absolute atomic E-state index is 12.9. The van der Waals surface area contributed by atoms with Gasteiger partial charge >= 0.3 is 5.97 Å². The largest absolute Gasteiger partial charge is 0.486 e. The summed E-state index contributed by atoms with van der Waals surface area (Å²) in [5.74, 6) is 0.224. The number of aliphatic carboxylic acids is 1. The molecular formula is C22H23BrN2O5. The van der Waals surface area contributed by atoms with Crippen LogP contribution in [0.15, 0.2) is 46.9 Å². The number of para-hydroxylation sites is 1. The summed E-state index contributed by atoms with van der Waals surface area (Å²) in [4.78, 5) is 27.8. The zero-order valence-corrected chi connectivity index (χ0v) is 18.0. The highest BCUT2D eigenvalue weighted by molar-refractivity contribution is 9.10. The van der Waals surface area contributed by atoms with Gasteiger partial charge in [0.05, 0.1) is 12.2 Å². The van der Waals surface area contributed by atoms with Crippen LogP contribution in [0.3, 0.4) is 0 Å². The maximum atomic E-state index is 12.9. The third kappa shape index (κ3) is 4.70. The van der Waals surface area contributed by atoms with E-state index in [1.165, 1.54) is 0 Å². The van der Waals surface area contributed by atoms with Gasteiger partial charge in [-0.05, 0) is 49.2 Å². The Morgan fingerprint density at radius 3 is 2.67 bits per heavy atom. The Morgan fingerprint density at radius 2 is 1.97 bits per heavy atom. The Bertz CT molecular complexity index is 930. The van der Waals surface area contributed by atoms with Crippen molar-refractivity contribution in [1.82, 2.24) is 0 Å². The zero-order chi connectivity index (χ0) is 21.1. The monoisotopic (exact) mass is 474 g/mol. The number of hydrogen-bond acceptors (Lipinski definition) is 5. The van der Waals surface area contributed by atoms with E-state index in [2.05, 4.69) is 20.8 Å². The van der Waals surface area contributed by atoms with E-state index >= 15 is 0 Å². The molecule has 2 aromatic carbocycles. The maximum Gasteiger partial charge on any atom is 0.341 e. The summed E-state index contributed by atoms with van der Waals surface area (Å²) in [6, 6.07) is 13.2. The predicted octanol–water partition coefficient (Wildman–Crippen LogP) is 3.55. The van der Waals surface area contributed by atoms with Crippen molar-refractivity contribution in [2.45, 2.75) is 12.8 Å². The number of anilines is 2. The van der Waals surface area contributed by atoms with E-state index in [1.54, 1.807) is 6.07 Å². The van der Waals surface area contributed by atoms with Crippen LogP contribution in [-0.2, 0) is 9.59 Å². The van der Waals surface area contributed by atoms with Crippen LogP contribution in [0.2, 0.25) is 0 Å². The molecule has 1 fully saturated rings. The quantitative estimate of drug-likeness (QED) is 0.629. The summed E-state index contributed by atoms with van der Waals surface area (Å²) in [6.07, 6.45) is 1.91. The number of carbonyl (C=O) groups excluding carboxylic acids is 1. The van der Waals surface area contributed by atoms with E-state index in [9.17, 15) is 9.59 Å². The molecule has 1 N–H and O–H groups in total. The normalized spacial score (nSPS) is 15.2. The van der Waals surface area contributed by atoms with Gasteiger partial charge < -0.3 is 24.4 Å². The van der Waals surface area contributed by atoms with Gasteiger partial charge in [-0.1, -0.05) is 22.0 Å². The lowest BCUT2D eigenvalue weighted by Crippen LogP contribution is -2.42. The fraction of sp³-hybridized carbons (Fsp3) is 0.364. The second-order valence-corrected chi connectivity index (χ2v) is 8.28. The van der Waals surface area contributed by atoms with Crippen molar-refractivity contribution < 1.29 is 24.2 Å².